The molecule has 0 aromatic heterocycles. The summed E-state index contributed by atoms with van der Waals surface area (Å²) < 4.78 is 5.38. The monoisotopic (exact) mass is 246 g/mol. The van der Waals surface area contributed by atoms with Gasteiger partial charge in [0.2, 0.25) is 0 Å². The normalized spacial score (nSPS) is 23.4. The molecule has 0 amide bonds. The molecule has 0 radical (unpaired) electrons. The Bertz CT molecular complexity index is 429. The van der Waals surface area contributed by atoms with Crippen molar-refractivity contribution in [2.45, 2.75) is 37.8 Å². The van der Waals surface area contributed by atoms with Gasteiger partial charge in [-0.15, -0.1) is 0 Å². The third-order valence-corrected chi connectivity index (χ3v) is 4.02. The maximum atomic E-state index is 5.38. The molecule has 2 aliphatic rings. The molecule has 1 N–H and O–H groups in total. The van der Waals surface area contributed by atoms with Crippen molar-refractivity contribution in [3.8, 4) is 5.75 Å². The Labute approximate surface area is 109 Å². The molecule has 1 fully saturated rings. The van der Waals surface area contributed by atoms with Crippen LogP contribution < -0.4 is 15.0 Å². The van der Waals surface area contributed by atoms with E-state index in [1.165, 1.54) is 36.9 Å². The van der Waals surface area contributed by atoms with Crippen molar-refractivity contribution < 1.29 is 4.74 Å². The van der Waals surface area contributed by atoms with Crippen molar-refractivity contribution in [2.24, 2.45) is 0 Å². The zero-order valence-electron chi connectivity index (χ0n) is 11.3. The molecule has 1 atom stereocenters. The van der Waals surface area contributed by atoms with Crippen LogP contribution >= 0.6 is 0 Å². The lowest BCUT2D eigenvalue weighted by atomic mass is 10.0. The molecule has 18 heavy (non-hydrogen) atoms. The maximum Gasteiger partial charge on any atom is 0.119 e. The van der Waals surface area contributed by atoms with E-state index >= 15 is 0 Å². The van der Waals surface area contributed by atoms with Gasteiger partial charge >= 0.3 is 0 Å². The summed E-state index contributed by atoms with van der Waals surface area (Å²) in [5, 5.41) is 3.78. The lowest BCUT2D eigenvalue weighted by Crippen LogP contribution is -2.23. The fraction of sp³-hybridized carbons (Fsp3) is 0.600. The van der Waals surface area contributed by atoms with Gasteiger partial charge in [-0.3, -0.25) is 0 Å². The van der Waals surface area contributed by atoms with Crippen LogP contribution in [0.2, 0.25) is 0 Å². The summed E-state index contributed by atoms with van der Waals surface area (Å²) in [6.07, 6.45) is 5.15. The van der Waals surface area contributed by atoms with E-state index in [2.05, 4.69) is 35.5 Å². The van der Waals surface area contributed by atoms with Crippen molar-refractivity contribution in [1.29, 1.82) is 0 Å². The van der Waals surface area contributed by atoms with E-state index in [-0.39, 0.29) is 0 Å². The van der Waals surface area contributed by atoms with Gasteiger partial charge in [-0.1, -0.05) is 0 Å². The number of fused-ring (bicyclic) bond motifs is 1. The molecule has 1 aromatic carbocycles. The summed E-state index contributed by atoms with van der Waals surface area (Å²) in [6, 6.07) is 7.71. The SMILES string of the molecule is COc1ccc2c(c1)C(NC1CC1)CCCN2C. The van der Waals surface area contributed by atoms with Crippen molar-refractivity contribution in [3.05, 3.63) is 23.8 Å². The fourth-order valence-electron chi connectivity index (χ4n) is 2.80. The van der Waals surface area contributed by atoms with Gasteiger partial charge in [0.25, 0.3) is 0 Å². The Morgan fingerprint density at radius 2 is 2.11 bits per heavy atom. The van der Waals surface area contributed by atoms with E-state index in [9.17, 15) is 0 Å². The van der Waals surface area contributed by atoms with Crippen molar-refractivity contribution in [2.75, 3.05) is 25.6 Å². The molecule has 1 aliphatic carbocycles. The summed E-state index contributed by atoms with van der Waals surface area (Å²) in [5.41, 5.74) is 2.76. The molecule has 1 saturated carbocycles. The third-order valence-electron chi connectivity index (χ3n) is 4.02. The molecule has 1 aromatic rings. The van der Waals surface area contributed by atoms with E-state index in [1.807, 2.05) is 0 Å². The van der Waals surface area contributed by atoms with Crippen LogP contribution in [0, 0.1) is 0 Å². The molecular formula is C15H22N2O. The van der Waals surface area contributed by atoms with Crippen LogP contribution in [-0.4, -0.2) is 26.7 Å². The zero-order valence-corrected chi connectivity index (χ0v) is 11.3. The average molecular weight is 246 g/mol. The Kier molecular flexibility index (Phi) is 3.16. The number of rotatable bonds is 3. The van der Waals surface area contributed by atoms with Crippen molar-refractivity contribution in [1.82, 2.24) is 5.32 Å². The van der Waals surface area contributed by atoms with Gasteiger partial charge in [-0.2, -0.15) is 0 Å². The second kappa shape index (κ2) is 4.81. The van der Waals surface area contributed by atoms with Crippen LogP contribution in [0.25, 0.3) is 0 Å². The lowest BCUT2D eigenvalue weighted by molar-refractivity contribution is 0.412. The average Bonchev–Trinajstić information content (AvgIpc) is 3.21. The highest BCUT2D eigenvalue weighted by Crippen LogP contribution is 2.36. The van der Waals surface area contributed by atoms with Crippen molar-refractivity contribution >= 4 is 5.69 Å². The van der Waals surface area contributed by atoms with Crippen LogP contribution in [0.5, 0.6) is 5.75 Å². The standard InChI is InChI=1S/C15H22N2O/c1-17-9-3-4-14(16-11-5-6-11)13-10-12(18-2)7-8-15(13)17/h7-8,10-11,14,16H,3-6,9H2,1-2H3. The number of anilines is 1. The highest BCUT2D eigenvalue weighted by molar-refractivity contribution is 5.58. The molecule has 0 saturated heterocycles. The van der Waals surface area contributed by atoms with Gasteiger partial charge in [-0.05, 0) is 49.4 Å². The molecule has 0 bridgehead atoms. The van der Waals surface area contributed by atoms with E-state index in [0.717, 1.165) is 18.3 Å². The van der Waals surface area contributed by atoms with E-state index in [1.54, 1.807) is 7.11 Å². The quantitative estimate of drug-likeness (QED) is 0.887. The minimum absolute atomic E-state index is 0.493. The minimum Gasteiger partial charge on any atom is -0.497 e. The summed E-state index contributed by atoms with van der Waals surface area (Å²) in [7, 11) is 3.93. The molecule has 1 aliphatic heterocycles. The molecule has 1 unspecified atom stereocenters. The molecule has 3 heteroatoms. The number of nitrogens with zero attached hydrogens (tertiary/aromatic N) is 1. The van der Waals surface area contributed by atoms with Crippen LogP contribution in [0.4, 0.5) is 5.69 Å². The summed E-state index contributed by atoms with van der Waals surface area (Å²) in [4.78, 5) is 2.36. The Hall–Kier alpha value is -1.22. The first kappa shape index (κ1) is 11.8. The van der Waals surface area contributed by atoms with E-state index in [4.69, 9.17) is 4.74 Å². The van der Waals surface area contributed by atoms with Gasteiger partial charge in [0, 0.05) is 31.4 Å². The number of nitrogens with one attached hydrogen (secondary N) is 1. The van der Waals surface area contributed by atoms with Crippen LogP contribution in [-0.2, 0) is 0 Å². The Morgan fingerprint density at radius 1 is 1.28 bits per heavy atom. The summed E-state index contributed by atoms with van der Waals surface area (Å²) >= 11 is 0. The lowest BCUT2D eigenvalue weighted by Gasteiger charge is -2.23. The second-order valence-electron chi connectivity index (χ2n) is 5.48. The topological polar surface area (TPSA) is 24.5 Å². The van der Waals surface area contributed by atoms with Gasteiger partial charge in [0.05, 0.1) is 7.11 Å². The fourth-order valence-corrected chi connectivity index (χ4v) is 2.80. The van der Waals surface area contributed by atoms with Gasteiger partial charge in [0.1, 0.15) is 5.75 Å². The van der Waals surface area contributed by atoms with E-state index < -0.39 is 0 Å². The number of hydrogen-bond acceptors (Lipinski definition) is 3. The molecular weight excluding hydrogens is 224 g/mol. The maximum absolute atomic E-state index is 5.38. The predicted octanol–water partition coefficient (Wildman–Crippen LogP) is 2.72. The zero-order chi connectivity index (χ0) is 12.5. The predicted molar refractivity (Wildman–Crippen MR) is 74.4 cm³/mol. The van der Waals surface area contributed by atoms with Crippen molar-refractivity contribution in [3.63, 3.8) is 0 Å². The molecule has 3 nitrogen and oxygen atoms in total. The molecule has 1 heterocycles. The molecule has 98 valence electrons. The first-order valence-electron chi connectivity index (χ1n) is 6.93. The van der Waals surface area contributed by atoms with E-state index in [0.29, 0.717) is 6.04 Å². The molecule has 3 rings (SSSR count). The second-order valence-corrected chi connectivity index (χ2v) is 5.48. The molecule has 0 spiro atoms. The number of ether oxygens (including phenoxy) is 1. The first-order chi connectivity index (χ1) is 8.78. The third kappa shape index (κ3) is 2.32. The summed E-state index contributed by atoms with van der Waals surface area (Å²) in [6.45, 7) is 1.14. The largest absolute Gasteiger partial charge is 0.497 e. The van der Waals surface area contributed by atoms with Gasteiger partial charge < -0.3 is 15.0 Å². The smallest absolute Gasteiger partial charge is 0.119 e. The minimum atomic E-state index is 0.493. The number of benzene rings is 1. The Morgan fingerprint density at radius 3 is 2.83 bits per heavy atom. The van der Waals surface area contributed by atoms with Gasteiger partial charge in [0.15, 0.2) is 0 Å². The Balaban J connectivity index is 1.94. The van der Waals surface area contributed by atoms with Crippen LogP contribution in [0.1, 0.15) is 37.3 Å². The number of methoxy groups -OCH3 is 1. The first-order valence-corrected chi connectivity index (χ1v) is 6.93. The van der Waals surface area contributed by atoms with Gasteiger partial charge in [-0.25, -0.2) is 0 Å². The summed E-state index contributed by atoms with van der Waals surface area (Å²) in [5.74, 6) is 0.964. The van der Waals surface area contributed by atoms with Crippen LogP contribution in [0.3, 0.4) is 0 Å². The number of hydrogen-bond donors (Lipinski definition) is 1. The highest BCUT2D eigenvalue weighted by atomic mass is 16.5. The highest BCUT2D eigenvalue weighted by Gasteiger charge is 2.28. The van der Waals surface area contributed by atoms with Crippen LogP contribution in [0.15, 0.2) is 18.2 Å².